The minimum atomic E-state index is -0.0327. The summed E-state index contributed by atoms with van der Waals surface area (Å²) in [5.74, 6) is 2.52. The van der Waals surface area contributed by atoms with Crippen LogP contribution in [-0.2, 0) is 11.4 Å². The third-order valence-electron chi connectivity index (χ3n) is 4.83. The third-order valence-corrected chi connectivity index (χ3v) is 4.83. The number of rotatable bonds is 7. The van der Waals surface area contributed by atoms with Crippen LogP contribution >= 0.6 is 0 Å². The highest BCUT2D eigenvalue weighted by atomic mass is 16.5. The number of carbonyl (C=O) groups excluding carboxylic acids is 1. The number of nitrogens with zero attached hydrogens (tertiary/aromatic N) is 3. The van der Waals surface area contributed by atoms with Gasteiger partial charge in [0.05, 0.1) is 0 Å². The Morgan fingerprint density at radius 2 is 1.72 bits per heavy atom. The fourth-order valence-electron chi connectivity index (χ4n) is 3.32. The summed E-state index contributed by atoms with van der Waals surface area (Å²) in [7, 11) is 0. The van der Waals surface area contributed by atoms with Crippen molar-refractivity contribution in [3.05, 3.63) is 72.4 Å². The fourth-order valence-corrected chi connectivity index (χ4v) is 3.32. The second kappa shape index (κ2) is 9.23. The van der Waals surface area contributed by atoms with E-state index in [2.05, 4.69) is 10.1 Å². The predicted octanol–water partition coefficient (Wildman–Crippen LogP) is 3.43. The highest BCUT2D eigenvalue weighted by Gasteiger charge is 2.28. The summed E-state index contributed by atoms with van der Waals surface area (Å²) in [6.07, 6.45) is 1.81. The molecule has 1 unspecified atom stereocenters. The van der Waals surface area contributed by atoms with E-state index in [0.29, 0.717) is 24.0 Å². The summed E-state index contributed by atoms with van der Waals surface area (Å²) < 4.78 is 16.6. The van der Waals surface area contributed by atoms with Crippen molar-refractivity contribution in [2.75, 3.05) is 19.7 Å². The molecule has 1 aliphatic rings. The Kier molecular flexibility index (Phi) is 6.04. The van der Waals surface area contributed by atoms with Gasteiger partial charge in [-0.25, -0.2) is 0 Å². The molecule has 1 atom stereocenters. The molecule has 7 nitrogen and oxygen atoms in total. The van der Waals surface area contributed by atoms with Crippen LogP contribution in [0.15, 0.2) is 65.2 Å². The Hall–Kier alpha value is -3.35. The van der Waals surface area contributed by atoms with Crippen molar-refractivity contribution >= 4 is 5.91 Å². The Morgan fingerprint density at radius 3 is 2.45 bits per heavy atom. The molecule has 150 valence electrons. The van der Waals surface area contributed by atoms with E-state index in [0.717, 1.165) is 25.1 Å². The number of hydrogen-bond acceptors (Lipinski definition) is 6. The van der Waals surface area contributed by atoms with Gasteiger partial charge in [-0.3, -0.25) is 4.79 Å². The standard InChI is InChI=1S/C22H23N3O4/c26-21(16-28-19-11-5-2-6-12-19)25-13-7-8-17(14-25)22-23-20(29-24-22)15-27-18-9-3-1-4-10-18/h1-6,9-12,17H,7-8,13-16H2. The molecular weight excluding hydrogens is 370 g/mol. The van der Waals surface area contributed by atoms with Crippen molar-refractivity contribution in [3.63, 3.8) is 0 Å². The zero-order chi connectivity index (χ0) is 19.9. The molecule has 1 aliphatic heterocycles. The van der Waals surface area contributed by atoms with Gasteiger partial charge < -0.3 is 18.9 Å². The molecule has 0 radical (unpaired) electrons. The van der Waals surface area contributed by atoms with E-state index in [4.69, 9.17) is 14.0 Å². The minimum Gasteiger partial charge on any atom is -0.484 e. The average Bonchev–Trinajstić information content (AvgIpc) is 3.27. The van der Waals surface area contributed by atoms with Crippen LogP contribution in [0.4, 0.5) is 0 Å². The van der Waals surface area contributed by atoms with Crippen LogP contribution in [0.25, 0.3) is 0 Å². The van der Waals surface area contributed by atoms with Gasteiger partial charge in [-0.15, -0.1) is 0 Å². The molecule has 1 saturated heterocycles. The third kappa shape index (κ3) is 5.13. The van der Waals surface area contributed by atoms with Gasteiger partial charge in [-0.1, -0.05) is 41.6 Å². The van der Waals surface area contributed by atoms with E-state index in [9.17, 15) is 4.79 Å². The highest BCUT2D eigenvalue weighted by Crippen LogP contribution is 2.25. The number of benzene rings is 2. The van der Waals surface area contributed by atoms with Crippen molar-refractivity contribution in [3.8, 4) is 11.5 Å². The monoisotopic (exact) mass is 393 g/mol. The lowest BCUT2D eigenvalue weighted by Gasteiger charge is -2.31. The van der Waals surface area contributed by atoms with E-state index < -0.39 is 0 Å². The predicted molar refractivity (Wildman–Crippen MR) is 106 cm³/mol. The maximum atomic E-state index is 12.5. The lowest BCUT2D eigenvalue weighted by Crippen LogP contribution is -2.41. The van der Waals surface area contributed by atoms with Crippen LogP contribution in [0, 0.1) is 0 Å². The Labute approximate surface area is 169 Å². The molecule has 2 aromatic carbocycles. The minimum absolute atomic E-state index is 0.0269. The lowest BCUT2D eigenvalue weighted by molar-refractivity contribution is -0.134. The molecule has 1 aromatic heterocycles. The topological polar surface area (TPSA) is 77.7 Å². The number of hydrogen-bond donors (Lipinski definition) is 0. The van der Waals surface area contributed by atoms with Crippen LogP contribution in [0.3, 0.4) is 0 Å². The van der Waals surface area contributed by atoms with Gasteiger partial charge in [-0.05, 0) is 37.1 Å². The molecule has 1 fully saturated rings. The summed E-state index contributed by atoms with van der Waals surface area (Å²) in [5, 5.41) is 4.10. The first-order chi connectivity index (χ1) is 14.3. The summed E-state index contributed by atoms with van der Waals surface area (Å²) >= 11 is 0. The van der Waals surface area contributed by atoms with Gasteiger partial charge in [0.25, 0.3) is 11.8 Å². The first-order valence-corrected chi connectivity index (χ1v) is 9.74. The summed E-state index contributed by atoms with van der Waals surface area (Å²) in [6, 6.07) is 18.8. The summed E-state index contributed by atoms with van der Waals surface area (Å²) in [6.45, 7) is 1.53. The normalized spacial score (nSPS) is 16.4. The van der Waals surface area contributed by atoms with E-state index in [-0.39, 0.29) is 25.0 Å². The number of piperidine rings is 1. The second-order valence-electron chi connectivity index (χ2n) is 6.93. The largest absolute Gasteiger partial charge is 0.484 e. The van der Waals surface area contributed by atoms with Gasteiger partial charge >= 0.3 is 0 Å². The van der Waals surface area contributed by atoms with E-state index in [1.54, 1.807) is 0 Å². The van der Waals surface area contributed by atoms with Crippen LogP contribution < -0.4 is 9.47 Å². The molecule has 3 aromatic rings. The SMILES string of the molecule is O=C(COc1ccccc1)N1CCCC(c2noc(COc3ccccc3)n2)C1. The molecule has 0 bridgehead atoms. The molecule has 0 N–H and O–H groups in total. The molecule has 0 spiro atoms. The smallest absolute Gasteiger partial charge is 0.264 e. The first-order valence-electron chi connectivity index (χ1n) is 9.74. The van der Waals surface area contributed by atoms with Crippen molar-refractivity contribution in [2.24, 2.45) is 0 Å². The highest BCUT2D eigenvalue weighted by molar-refractivity contribution is 5.78. The number of ether oxygens (including phenoxy) is 2. The van der Waals surface area contributed by atoms with Crippen LogP contribution in [0.1, 0.15) is 30.5 Å². The maximum absolute atomic E-state index is 12.5. The molecule has 2 heterocycles. The quantitative estimate of drug-likeness (QED) is 0.612. The van der Waals surface area contributed by atoms with Gasteiger partial charge in [-0.2, -0.15) is 4.98 Å². The van der Waals surface area contributed by atoms with Crippen molar-refractivity contribution in [1.29, 1.82) is 0 Å². The number of aromatic nitrogens is 2. The Balaban J connectivity index is 1.30. The zero-order valence-corrected chi connectivity index (χ0v) is 16.1. The molecular formula is C22H23N3O4. The Morgan fingerprint density at radius 1 is 1.03 bits per heavy atom. The maximum Gasteiger partial charge on any atom is 0.264 e. The van der Waals surface area contributed by atoms with Crippen LogP contribution in [0.2, 0.25) is 0 Å². The molecule has 29 heavy (non-hydrogen) atoms. The van der Waals surface area contributed by atoms with E-state index in [1.807, 2.05) is 65.6 Å². The molecule has 7 heteroatoms. The number of para-hydroxylation sites is 2. The first kappa shape index (κ1) is 19.0. The van der Waals surface area contributed by atoms with Gasteiger partial charge in [0.1, 0.15) is 11.5 Å². The molecule has 1 amide bonds. The van der Waals surface area contributed by atoms with Gasteiger partial charge in [0.2, 0.25) is 0 Å². The fraction of sp³-hybridized carbons (Fsp3) is 0.318. The molecule has 0 saturated carbocycles. The second-order valence-corrected chi connectivity index (χ2v) is 6.93. The van der Waals surface area contributed by atoms with Crippen molar-refractivity contribution in [2.45, 2.75) is 25.4 Å². The van der Waals surface area contributed by atoms with Gasteiger partial charge in [0.15, 0.2) is 19.0 Å². The van der Waals surface area contributed by atoms with Crippen LogP contribution in [-0.4, -0.2) is 40.6 Å². The average molecular weight is 393 g/mol. The van der Waals surface area contributed by atoms with E-state index in [1.165, 1.54) is 0 Å². The number of amides is 1. The Bertz CT molecular complexity index is 914. The van der Waals surface area contributed by atoms with Gasteiger partial charge in [0, 0.05) is 19.0 Å². The van der Waals surface area contributed by atoms with Crippen LogP contribution in [0.5, 0.6) is 11.5 Å². The molecule has 0 aliphatic carbocycles. The summed E-state index contributed by atoms with van der Waals surface area (Å²) in [4.78, 5) is 18.8. The van der Waals surface area contributed by atoms with Crippen molar-refractivity contribution < 1.29 is 18.8 Å². The lowest BCUT2D eigenvalue weighted by atomic mass is 9.97. The van der Waals surface area contributed by atoms with E-state index >= 15 is 0 Å². The number of likely N-dealkylation sites (tertiary alicyclic amines) is 1. The van der Waals surface area contributed by atoms with Crippen molar-refractivity contribution in [1.82, 2.24) is 15.0 Å². The molecule has 4 rings (SSSR count). The summed E-state index contributed by atoms with van der Waals surface area (Å²) in [5.41, 5.74) is 0. The zero-order valence-electron chi connectivity index (χ0n) is 16.1. The number of carbonyl (C=O) groups is 1.